The van der Waals surface area contributed by atoms with E-state index in [1.807, 2.05) is 0 Å². The van der Waals surface area contributed by atoms with Crippen LogP contribution in [-0.2, 0) is 26.5 Å². The fourth-order valence-electron chi connectivity index (χ4n) is 2.55. The normalized spacial score (nSPS) is 14.8. The monoisotopic (exact) mass is 463 g/mol. The molecule has 0 saturated heterocycles. The molecule has 2 N–H and O–H groups in total. The molecule has 1 heterocycles. The lowest BCUT2D eigenvalue weighted by atomic mass is 10.0. The molecule has 12 heteroatoms. The minimum absolute atomic E-state index is 0.0595. The van der Waals surface area contributed by atoms with Gasteiger partial charge in [0.1, 0.15) is 18.0 Å². The summed E-state index contributed by atoms with van der Waals surface area (Å²) in [6, 6.07) is 3.75. The lowest BCUT2D eigenvalue weighted by Gasteiger charge is -2.19. The molecule has 0 aromatic heterocycles. The summed E-state index contributed by atoms with van der Waals surface area (Å²) >= 11 is 0. The number of hydrogen-bond acceptors (Lipinski definition) is 8. The van der Waals surface area contributed by atoms with Crippen LogP contribution < -0.4 is 10.1 Å². The third-order valence-corrected chi connectivity index (χ3v) is 4.11. The topological polar surface area (TPSA) is 111 Å². The summed E-state index contributed by atoms with van der Waals surface area (Å²) in [5.41, 5.74) is -2.95. The highest BCUT2D eigenvalue weighted by atomic mass is 19.4. The van der Waals surface area contributed by atoms with E-state index in [2.05, 4.69) is 15.5 Å². The van der Waals surface area contributed by atoms with Crippen molar-refractivity contribution in [3.05, 3.63) is 29.3 Å². The van der Waals surface area contributed by atoms with E-state index in [0.717, 1.165) is 0 Å². The third kappa shape index (κ3) is 7.61. The van der Waals surface area contributed by atoms with E-state index in [4.69, 9.17) is 18.9 Å². The van der Waals surface area contributed by atoms with Gasteiger partial charge in [-0.15, -0.1) is 10.2 Å². The van der Waals surface area contributed by atoms with Crippen LogP contribution in [0.2, 0.25) is 0 Å². The minimum atomic E-state index is -4.64. The Balaban J connectivity index is 1.63. The van der Waals surface area contributed by atoms with Crippen LogP contribution in [0.25, 0.3) is 0 Å². The van der Waals surface area contributed by atoms with Gasteiger partial charge in [-0.3, -0.25) is 0 Å². The smallest absolute Gasteiger partial charge is 0.442 e. The summed E-state index contributed by atoms with van der Waals surface area (Å²) in [5.74, 6) is 0.110. The molecular formula is C20H28F3N3O6. The number of carbonyl (C=O) groups excluding carboxylic acids is 1. The number of benzene rings is 1. The lowest BCUT2D eigenvalue weighted by Crippen LogP contribution is -2.34. The van der Waals surface area contributed by atoms with Gasteiger partial charge in [0.2, 0.25) is 0 Å². The summed E-state index contributed by atoms with van der Waals surface area (Å²) in [5, 5.41) is 18.3. The Kier molecular flexibility index (Phi) is 8.81. The van der Waals surface area contributed by atoms with Gasteiger partial charge in [0.05, 0.1) is 33.0 Å². The predicted octanol–water partition coefficient (Wildman–Crippen LogP) is 3.30. The van der Waals surface area contributed by atoms with E-state index in [1.54, 1.807) is 20.8 Å². The van der Waals surface area contributed by atoms with Gasteiger partial charge in [-0.2, -0.15) is 13.2 Å². The molecule has 0 fully saturated rings. The van der Waals surface area contributed by atoms with Crippen LogP contribution in [0.4, 0.5) is 18.0 Å². The molecule has 180 valence electrons. The second-order valence-corrected chi connectivity index (χ2v) is 7.85. The third-order valence-electron chi connectivity index (χ3n) is 4.11. The van der Waals surface area contributed by atoms with Gasteiger partial charge in [-0.1, -0.05) is 12.1 Å². The van der Waals surface area contributed by atoms with Crippen LogP contribution in [0.5, 0.6) is 5.75 Å². The van der Waals surface area contributed by atoms with Crippen LogP contribution in [0.3, 0.4) is 0 Å². The van der Waals surface area contributed by atoms with Crippen molar-refractivity contribution in [3.63, 3.8) is 0 Å². The molecule has 0 saturated carbocycles. The molecule has 1 aromatic rings. The molecule has 0 bridgehead atoms. The van der Waals surface area contributed by atoms with Gasteiger partial charge in [-0.05, 0) is 26.8 Å². The first-order valence-electron chi connectivity index (χ1n) is 9.99. The number of rotatable bonds is 12. The lowest BCUT2D eigenvalue weighted by molar-refractivity contribution is -0.166. The second-order valence-electron chi connectivity index (χ2n) is 7.85. The molecule has 0 unspecified atom stereocenters. The minimum Gasteiger partial charge on any atom is -0.491 e. The van der Waals surface area contributed by atoms with E-state index in [9.17, 15) is 23.1 Å². The van der Waals surface area contributed by atoms with Gasteiger partial charge >= 0.3 is 17.9 Å². The zero-order chi connectivity index (χ0) is 23.8. The molecule has 9 nitrogen and oxygen atoms in total. The van der Waals surface area contributed by atoms with Crippen LogP contribution in [0.1, 0.15) is 31.9 Å². The number of nitrogens with one attached hydrogen (secondary N) is 1. The van der Waals surface area contributed by atoms with Crippen LogP contribution in [0, 0.1) is 0 Å². The first-order chi connectivity index (χ1) is 15.0. The highest BCUT2D eigenvalue weighted by Gasteiger charge is 2.65. The standard InChI is InChI=1S/C20H28F3N3O6/c1-18(2,3)32-17(28)24-6-7-29-8-9-30-10-11-31-16-12-15(5-4-14(16)13-27)19(25-26-19)20(21,22)23/h4-5,12,27H,6-11,13H2,1-3H3,(H,24,28). The fourth-order valence-corrected chi connectivity index (χ4v) is 2.55. The molecule has 0 spiro atoms. The number of alkyl halides is 3. The Morgan fingerprint density at radius 3 is 2.25 bits per heavy atom. The van der Waals surface area contributed by atoms with Crippen molar-refractivity contribution >= 4 is 6.09 Å². The zero-order valence-electron chi connectivity index (χ0n) is 18.2. The zero-order valence-corrected chi connectivity index (χ0v) is 18.2. The van der Waals surface area contributed by atoms with E-state index in [1.165, 1.54) is 18.2 Å². The molecular weight excluding hydrogens is 435 g/mol. The molecule has 1 aromatic carbocycles. The van der Waals surface area contributed by atoms with Crippen molar-refractivity contribution < 1.29 is 42.0 Å². The molecule has 1 amide bonds. The summed E-state index contributed by atoms with van der Waals surface area (Å²) < 4.78 is 60.7. The quantitative estimate of drug-likeness (QED) is 0.460. The Labute approximate surface area is 183 Å². The van der Waals surface area contributed by atoms with Gasteiger partial charge in [-0.25, -0.2) is 4.79 Å². The van der Waals surface area contributed by atoms with E-state index in [-0.39, 0.29) is 50.9 Å². The number of aliphatic hydroxyl groups is 1. The number of hydrogen-bond donors (Lipinski definition) is 2. The average Bonchev–Trinajstić information content (AvgIpc) is 3.50. The highest BCUT2D eigenvalue weighted by Crippen LogP contribution is 2.52. The highest BCUT2D eigenvalue weighted by molar-refractivity contribution is 5.67. The first-order valence-corrected chi connectivity index (χ1v) is 9.99. The van der Waals surface area contributed by atoms with Crippen LogP contribution >= 0.6 is 0 Å². The summed E-state index contributed by atoms with van der Waals surface area (Å²) in [4.78, 5) is 11.4. The molecule has 1 aliphatic rings. The summed E-state index contributed by atoms with van der Waals surface area (Å²) in [6.07, 6.45) is -5.16. The van der Waals surface area contributed by atoms with Crippen LogP contribution in [0.15, 0.2) is 28.4 Å². The number of amides is 1. The number of carbonyl (C=O) groups is 1. The number of nitrogens with zero attached hydrogens (tertiary/aromatic N) is 2. The van der Waals surface area contributed by atoms with Crippen molar-refractivity contribution in [2.75, 3.05) is 39.6 Å². The van der Waals surface area contributed by atoms with Crippen molar-refractivity contribution in [2.24, 2.45) is 10.2 Å². The number of ether oxygens (including phenoxy) is 4. The fraction of sp³-hybridized carbons (Fsp3) is 0.650. The molecule has 32 heavy (non-hydrogen) atoms. The van der Waals surface area contributed by atoms with Crippen molar-refractivity contribution in [3.8, 4) is 5.75 Å². The maximum Gasteiger partial charge on any atom is 0.442 e. The maximum atomic E-state index is 13.2. The van der Waals surface area contributed by atoms with Crippen molar-refractivity contribution in [2.45, 2.75) is 44.8 Å². The largest absolute Gasteiger partial charge is 0.491 e. The van der Waals surface area contributed by atoms with E-state index in [0.29, 0.717) is 5.56 Å². The molecule has 0 radical (unpaired) electrons. The summed E-state index contributed by atoms with van der Waals surface area (Å²) in [6.45, 7) is 6.24. The second kappa shape index (κ2) is 10.9. The Hall–Kier alpha value is -2.44. The van der Waals surface area contributed by atoms with Crippen molar-refractivity contribution in [1.82, 2.24) is 5.32 Å². The van der Waals surface area contributed by atoms with Crippen LogP contribution in [-0.4, -0.2) is 62.6 Å². The Morgan fingerprint density at radius 2 is 1.69 bits per heavy atom. The molecule has 2 rings (SSSR count). The number of aliphatic hydroxyl groups excluding tert-OH is 1. The molecule has 1 aliphatic heterocycles. The number of halogens is 3. The van der Waals surface area contributed by atoms with E-state index >= 15 is 0 Å². The predicted molar refractivity (Wildman–Crippen MR) is 106 cm³/mol. The Morgan fingerprint density at radius 1 is 1.06 bits per heavy atom. The van der Waals surface area contributed by atoms with Crippen molar-refractivity contribution in [1.29, 1.82) is 0 Å². The Bertz CT molecular complexity index is 790. The van der Waals surface area contributed by atoms with Gasteiger partial charge in [0, 0.05) is 17.7 Å². The summed E-state index contributed by atoms with van der Waals surface area (Å²) in [7, 11) is 0. The van der Waals surface area contributed by atoms with Gasteiger partial charge < -0.3 is 29.4 Å². The first kappa shape index (κ1) is 25.8. The molecule has 0 aliphatic carbocycles. The molecule has 0 atom stereocenters. The average molecular weight is 463 g/mol. The van der Waals surface area contributed by atoms with Gasteiger partial charge in [0.15, 0.2) is 0 Å². The SMILES string of the molecule is CC(C)(C)OC(=O)NCCOCCOCCOc1cc(C2(C(F)(F)F)N=N2)ccc1CO. The van der Waals surface area contributed by atoms with Gasteiger partial charge in [0.25, 0.3) is 0 Å². The van der Waals surface area contributed by atoms with E-state index < -0.39 is 30.1 Å². The number of alkyl carbamates (subject to hydrolysis) is 1. The maximum absolute atomic E-state index is 13.2.